The molecule has 1 saturated heterocycles. The Bertz CT molecular complexity index is 889. The quantitative estimate of drug-likeness (QED) is 0.828. The van der Waals surface area contributed by atoms with Crippen LogP contribution in [0.1, 0.15) is 36.7 Å². The lowest BCUT2D eigenvalue weighted by Gasteiger charge is -2.23. The first-order chi connectivity index (χ1) is 11.8. The summed E-state index contributed by atoms with van der Waals surface area (Å²) in [5, 5.41) is 4.22. The maximum absolute atomic E-state index is 12.8. The summed E-state index contributed by atoms with van der Waals surface area (Å²) in [6.45, 7) is 4.03. The topological polar surface area (TPSA) is 85.2 Å². The summed E-state index contributed by atoms with van der Waals surface area (Å²) in [5.41, 5.74) is 1.33. The first-order valence-corrected chi connectivity index (χ1v) is 10.1. The molecule has 1 amide bonds. The normalized spacial score (nSPS) is 19.3. The van der Waals surface area contributed by atoms with Crippen LogP contribution in [-0.4, -0.2) is 58.6 Å². The van der Waals surface area contributed by atoms with Gasteiger partial charge in [-0.3, -0.25) is 4.79 Å². The van der Waals surface area contributed by atoms with Crippen molar-refractivity contribution < 1.29 is 13.2 Å². The molecule has 0 radical (unpaired) electrons. The molecule has 1 aliphatic rings. The van der Waals surface area contributed by atoms with E-state index in [1.54, 1.807) is 29.9 Å². The Morgan fingerprint density at radius 3 is 2.76 bits per heavy atom. The van der Waals surface area contributed by atoms with Crippen LogP contribution in [0.4, 0.5) is 0 Å². The number of amides is 1. The average molecular weight is 362 g/mol. The number of benzene rings is 1. The minimum absolute atomic E-state index is 0.0383. The third kappa shape index (κ3) is 3.58. The van der Waals surface area contributed by atoms with E-state index in [1.807, 2.05) is 19.9 Å². The average Bonchev–Trinajstić information content (AvgIpc) is 3.20. The summed E-state index contributed by atoms with van der Waals surface area (Å²) < 4.78 is 25.1. The van der Waals surface area contributed by atoms with Gasteiger partial charge in [0.2, 0.25) is 0 Å². The first-order valence-electron chi connectivity index (χ1n) is 8.26. The number of aromatic nitrogens is 3. The van der Waals surface area contributed by atoms with Gasteiger partial charge in [0.15, 0.2) is 15.7 Å². The van der Waals surface area contributed by atoms with E-state index in [0.29, 0.717) is 17.8 Å². The second kappa shape index (κ2) is 6.59. The minimum Gasteiger partial charge on any atom is -0.338 e. The van der Waals surface area contributed by atoms with Crippen LogP contribution in [0, 0.1) is 0 Å². The lowest BCUT2D eigenvalue weighted by Crippen LogP contribution is -2.37. The molecule has 1 aliphatic heterocycles. The fraction of sp³-hybridized carbons (Fsp3) is 0.471. The van der Waals surface area contributed by atoms with Crippen LogP contribution in [-0.2, 0) is 9.84 Å². The Morgan fingerprint density at radius 1 is 1.36 bits per heavy atom. The molecule has 0 spiro atoms. The Kier molecular flexibility index (Phi) is 4.64. The molecule has 1 fully saturated rings. The Balaban J connectivity index is 1.86. The Morgan fingerprint density at radius 2 is 2.12 bits per heavy atom. The van der Waals surface area contributed by atoms with Gasteiger partial charge in [0.25, 0.3) is 5.91 Å². The monoisotopic (exact) mass is 362 g/mol. The smallest absolute Gasteiger partial charge is 0.253 e. The fourth-order valence-corrected chi connectivity index (χ4v) is 4.85. The van der Waals surface area contributed by atoms with Crippen molar-refractivity contribution in [1.29, 1.82) is 0 Å². The van der Waals surface area contributed by atoms with Crippen LogP contribution >= 0.6 is 0 Å². The molecule has 0 unspecified atom stereocenters. The van der Waals surface area contributed by atoms with Gasteiger partial charge in [0.1, 0.15) is 6.33 Å². The van der Waals surface area contributed by atoms with E-state index < -0.39 is 9.84 Å². The van der Waals surface area contributed by atoms with E-state index in [1.165, 1.54) is 11.2 Å². The number of hydrogen-bond acceptors (Lipinski definition) is 5. The fourth-order valence-electron chi connectivity index (χ4n) is 3.08. The van der Waals surface area contributed by atoms with Crippen molar-refractivity contribution in [2.75, 3.05) is 18.6 Å². The van der Waals surface area contributed by atoms with Gasteiger partial charge in [0.05, 0.1) is 11.5 Å². The van der Waals surface area contributed by atoms with Gasteiger partial charge in [0, 0.05) is 30.3 Å². The van der Waals surface area contributed by atoms with Crippen molar-refractivity contribution >= 4 is 15.7 Å². The highest BCUT2D eigenvalue weighted by Gasteiger charge is 2.33. The molecule has 2 aromatic rings. The third-order valence-corrected chi connectivity index (χ3v) is 6.26. The first kappa shape index (κ1) is 17.6. The molecule has 8 heteroatoms. The zero-order chi connectivity index (χ0) is 18.2. The number of carbonyl (C=O) groups excluding carboxylic acids is 1. The number of sulfone groups is 1. The number of hydrogen-bond donors (Lipinski definition) is 0. The second-order valence-electron chi connectivity index (χ2n) is 6.68. The summed E-state index contributed by atoms with van der Waals surface area (Å²) in [5.74, 6) is 0.707. The molecule has 0 aliphatic carbocycles. The molecule has 1 aromatic heterocycles. The molecule has 0 saturated carbocycles. The molecule has 134 valence electrons. The zero-order valence-electron chi connectivity index (χ0n) is 14.6. The van der Waals surface area contributed by atoms with Crippen molar-refractivity contribution in [2.24, 2.45) is 0 Å². The number of rotatable bonds is 4. The van der Waals surface area contributed by atoms with Crippen LogP contribution in [0.2, 0.25) is 0 Å². The summed E-state index contributed by atoms with van der Waals surface area (Å²) in [6.07, 6.45) is 1.99. The summed E-state index contributed by atoms with van der Waals surface area (Å²) in [7, 11) is -1.37. The third-order valence-electron chi connectivity index (χ3n) is 4.51. The SMILES string of the molecule is CC(C)n1ncnc1-c1cccc(C(=O)N(C)[C@@H]2CCS(=O)(=O)C2)c1. The van der Waals surface area contributed by atoms with E-state index >= 15 is 0 Å². The molecule has 25 heavy (non-hydrogen) atoms. The highest BCUT2D eigenvalue weighted by atomic mass is 32.2. The van der Waals surface area contributed by atoms with Crippen LogP contribution in [0.5, 0.6) is 0 Å². The highest BCUT2D eigenvalue weighted by molar-refractivity contribution is 7.91. The predicted molar refractivity (Wildman–Crippen MR) is 95.0 cm³/mol. The molecule has 2 heterocycles. The van der Waals surface area contributed by atoms with Gasteiger partial charge in [-0.25, -0.2) is 18.1 Å². The van der Waals surface area contributed by atoms with E-state index in [0.717, 1.165) is 5.56 Å². The number of carbonyl (C=O) groups is 1. The van der Waals surface area contributed by atoms with Crippen molar-refractivity contribution in [3.05, 3.63) is 36.2 Å². The van der Waals surface area contributed by atoms with E-state index in [9.17, 15) is 13.2 Å². The van der Waals surface area contributed by atoms with Crippen LogP contribution < -0.4 is 0 Å². The minimum atomic E-state index is -3.03. The molecule has 3 rings (SSSR count). The van der Waals surface area contributed by atoms with Gasteiger partial charge in [-0.1, -0.05) is 12.1 Å². The largest absolute Gasteiger partial charge is 0.338 e. The summed E-state index contributed by atoms with van der Waals surface area (Å²) in [6, 6.07) is 7.11. The molecular weight excluding hydrogens is 340 g/mol. The van der Waals surface area contributed by atoms with Crippen LogP contribution in [0.25, 0.3) is 11.4 Å². The molecule has 0 N–H and O–H groups in total. The standard InChI is InChI=1S/C17H22N4O3S/c1-12(2)21-16(18-11-19-21)13-5-4-6-14(9-13)17(22)20(3)15-7-8-25(23,24)10-15/h4-6,9,11-12,15H,7-8,10H2,1-3H3/t15-/m1/s1. The van der Waals surface area contributed by atoms with E-state index in [-0.39, 0.29) is 29.5 Å². The zero-order valence-corrected chi connectivity index (χ0v) is 15.4. The van der Waals surface area contributed by atoms with Crippen LogP contribution in [0.15, 0.2) is 30.6 Å². The van der Waals surface area contributed by atoms with Gasteiger partial charge >= 0.3 is 0 Å². The maximum atomic E-state index is 12.8. The number of nitrogens with zero attached hydrogens (tertiary/aromatic N) is 4. The molecule has 1 aromatic carbocycles. The van der Waals surface area contributed by atoms with Crippen molar-refractivity contribution in [2.45, 2.75) is 32.4 Å². The lowest BCUT2D eigenvalue weighted by molar-refractivity contribution is 0.0747. The van der Waals surface area contributed by atoms with Gasteiger partial charge in [-0.2, -0.15) is 5.10 Å². The van der Waals surface area contributed by atoms with E-state index in [2.05, 4.69) is 10.1 Å². The Hall–Kier alpha value is -2.22. The molecule has 0 bridgehead atoms. The molecular formula is C17H22N4O3S. The van der Waals surface area contributed by atoms with Gasteiger partial charge in [-0.15, -0.1) is 0 Å². The van der Waals surface area contributed by atoms with Gasteiger partial charge < -0.3 is 4.90 Å². The predicted octanol–water partition coefficient (Wildman–Crippen LogP) is 1.79. The lowest BCUT2D eigenvalue weighted by atomic mass is 10.1. The molecule has 7 nitrogen and oxygen atoms in total. The summed E-state index contributed by atoms with van der Waals surface area (Å²) in [4.78, 5) is 18.6. The molecule has 1 atom stereocenters. The van der Waals surface area contributed by atoms with E-state index in [4.69, 9.17) is 0 Å². The van der Waals surface area contributed by atoms with Crippen molar-refractivity contribution in [3.8, 4) is 11.4 Å². The van der Waals surface area contributed by atoms with Crippen molar-refractivity contribution in [3.63, 3.8) is 0 Å². The maximum Gasteiger partial charge on any atom is 0.253 e. The highest BCUT2D eigenvalue weighted by Crippen LogP contribution is 2.23. The van der Waals surface area contributed by atoms with Crippen LogP contribution in [0.3, 0.4) is 0 Å². The second-order valence-corrected chi connectivity index (χ2v) is 8.90. The Labute approximate surface area is 147 Å². The van der Waals surface area contributed by atoms with Gasteiger partial charge in [-0.05, 0) is 32.4 Å². The summed E-state index contributed by atoms with van der Waals surface area (Å²) >= 11 is 0. The van der Waals surface area contributed by atoms with Crippen molar-refractivity contribution in [1.82, 2.24) is 19.7 Å².